The Morgan fingerprint density at radius 2 is 1.83 bits per heavy atom. The molecule has 0 spiro atoms. The zero-order valence-corrected chi connectivity index (χ0v) is 9.97. The van der Waals surface area contributed by atoms with Gasteiger partial charge < -0.3 is 5.11 Å². The first kappa shape index (κ1) is 11.9. The number of terminal acetylenes is 1. The molecule has 18 heavy (non-hydrogen) atoms. The second kappa shape index (κ2) is 4.77. The van der Waals surface area contributed by atoms with Gasteiger partial charge in [-0.15, -0.1) is 6.42 Å². The summed E-state index contributed by atoms with van der Waals surface area (Å²) in [7, 11) is 0. The van der Waals surface area contributed by atoms with Gasteiger partial charge in [0.25, 0.3) is 0 Å². The maximum Gasteiger partial charge on any atom is 0.336 e. The molecule has 0 unspecified atom stereocenters. The average Bonchev–Trinajstić information content (AvgIpc) is 2.38. The van der Waals surface area contributed by atoms with E-state index in [1.165, 1.54) is 0 Å². The second-order valence-corrected chi connectivity index (χ2v) is 4.00. The van der Waals surface area contributed by atoms with Gasteiger partial charge in [-0.2, -0.15) is 0 Å². The molecular formula is C16H12O2. The summed E-state index contributed by atoms with van der Waals surface area (Å²) in [6, 6.07) is 12.9. The van der Waals surface area contributed by atoms with Gasteiger partial charge in [-0.05, 0) is 24.1 Å². The molecule has 0 atom stereocenters. The van der Waals surface area contributed by atoms with Crippen LogP contribution in [0.15, 0.2) is 42.5 Å². The molecule has 0 aliphatic rings. The van der Waals surface area contributed by atoms with Crippen molar-refractivity contribution in [1.82, 2.24) is 0 Å². The summed E-state index contributed by atoms with van der Waals surface area (Å²) in [5, 5.41) is 9.16. The zero-order chi connectivity index (χ0) is 13.1. The lowest BCUT2D eigenvalue weighted by molar-refractivity contribution is 0.0696. The number of carboxylic acids is 1. The first-order valence-corrected chi connectivity index (χ1v) is 5.54. The van der Waals surface area contributed by atoms with E-state index >= 15 is 0 Å². The molecule has 0 fully saturated rings. The molecular weight excluding hydrogens is 224 g/mol. The molecule has 0 saturated carbocycles. The van der Waals surface area contributed by atoms with Crippen molar-refractivity contribution in [2.75, 3.05) is 0 Å². The molecule has 1 N–H and O–H groups in total. The molecule has 0 aromatic heterocycles. The highest BCUT2D eigenvalue weighted by Crippen LogP contribution is 2.29. The number of carbonyl (C=O) groups is 1. The van der Waals surface area contributed by atoms with Crippen molar-refractivity contribution >= 4 is 5.97 Å². The number of aromatic carboxylic acids is 1. The summed E-state index contributed by atoms with van der Waals surface area (Å²) in [5.74, 6) is 1.50. The Hall–Kier alpha value is -2.53. The van der Waals surface area contributed by atoms with Crippen molar-refractivity contribution in [2.45, 2.75) is 6.92 Å². The third-order valence-corrected chi connectivity index (χ3v) is 2.85. The van der Waals surface area contributed by atoms with Gasteiger partial charge in [-0.3, -0.25) is 0 Å². The van der Waals surface area contributed by atoms with E-state index in [0.29, 0.717) is 5.56 Å². The Balaban J connectivity index is 2.78. The Bertz CT molecular complexity index is 634. The van der Waals surface area contributed by atoms with Crippen molar-refractivity contribution in [3.63, 3.8) is 0 Å². The molecule has 2 rings (SSSR count). The van der Waals surface area contributed by atoms with E-state index < -0.39 is 5.97 Å². The minimum Gasteiger partial charge on any atom is -0.478 e. The van der Waals surface area contributed by atoms with E-state index in [1.54, 1.807) is 12.1 Å². The Kier molecular flexibility index (Phi) is 3.16. The van der Waals surface area contributed by atoms with Crippen LogP contribution in [0.4, 0.5) is 0 Å². The zero-order valence-electron chi connectivity index (χ0n) is 9.97. The monoisotopic (exact) mass is 236 g/mol. The predicted octanol–water partition coefficient (Wildman–Crippen LogP) is 3.34. The fraction of sp³-hybridized carbons (Fsp3) is 0.0625. The number of benzene rings is 2. The Morgan fingerprint density at radius 3 is 2.39 bits per heavy atom. The van der Waals surface area contributed by atoms with Crippen molar-refractivity contribution in [3.8, 4) is 23.5 Å². The van der Waals surface area contributed by atoms with Crippen LogP contribution in [0.3, 0.4) is 0 Å². The summed E-state index contributed by atoms with van der Waals surface area (Å²) < 4.78 is 0. The summed E-state index contributed by atoms with van der Waals surface area (Å²) in [6.07, 6.45) is 5.48. The van der Waals surface area contributed by atoms with Gasteiger partial charge in [0.1, 0.15) is 0 Å². The predicted molar refractivity (Wildman–Crippen MR) is 71.5 cm³/mol. The first-order valence-electron chi connectivity index (χ1n) is 5.54. The SMILES string of the molecule is C#Cc1c(C(=O)O)ccc(C)c1-c1ccccc1. The third kappa shape index (κ3) is 1.99. The van der Waals surface area contributed by atoms with E-state index in [9.17, 15) is 4.79 Å². The Labute approximate surface area is 106 Å². The highest BCUT2D eigenvalue weighted by molar-refractivity contribution is 5.94. The van der Waals surface area contributed by atoms with Gasteiger partial charge in [0, 0.05) is 11.1 Å². The van der Waals surface area contributed by atoms with Crippen LogP contribution in [0, 0.1) is 19.3 Å². The molecule has 2 aromatic rings. The standard InChI is InChI=1S/C16H12O2/c1-3-13-14(16(17)18)10-9-11(2)15(13)12-7-5-4-6-8-12/h1,4-10H,2H3,(H,17,18). The lowest BCUT2D eigenvalue weighted by atomic mass is 9.92. The highest BCUT2D eigenvalue weighted by atomic mass is 16.4. The first-order chi connectivity index (χ1) is 8.65. The lowest BCUT2D eigenvalue weighted by Crippen LogP contribution is -2.03. The van der Waals surface area contributed by atoms with Crippen LogP contribution in [-0.4, -0.2) is 11.1 Å². The normalized spacial score (nSPS) is 9.78. The quantitative estimate of drug-likeness (QED) is 0.812. The fourth-order valence-corrected chi connectivity index (χ4v) is 2.01. The summed E-state index contributed by atoms with van der Waals surface area (Å²) in [6.45, 7) is 1.93. The van der Waals surface area contributed by atoms with Gasteiger partial charge >= 0.3 is 5.97 Å². The van der Waals surface area contributed by atoms with E-state index in [0.717, 1.165) is 16.7 Å². The van der Waals surface area contributed by atoms with Crippen LogP contribution in [0.1, 0.15) is 21.5 Å². The van der Waals surface area contributed by atoms with Crippen molar-refractivity contribution in [3.05, 3.63) is 59.2 Å². The number of hydrogen-bond acceptors (Lipinski definition) is 1. The van der Waals surface area contributed by atoms with E-state index in [1.807, 2.05) is 37.3 Å². The van der Waals surface area contributed by atoms with Crippen molar-refractivity contribution in [2.24, 2.45) is 0 Å². The van der Waals surface area contributed by atoms with Crippen LogP contribution in [-0.2, 0) is 0 Å². The van der Waals surface area contributed by atoms with Crippen LogP contribution in [0.25, 0.3) is 11.1 Å². The summed E-state index contributed by atoms with van der Waals surface area (Å²) in [4.78, 5) is 11.2. The number of carboxylic acid groups (broad SMARTS) is 1. The molecule has 0 saturated heterocycles. The highest BCUT2D eigenvalue weighted by Gasteiger charge is 2.15. The van der Waals surface area contributed by atoms with Gasteiger partial charge in [0.15, 0.2) is 0 Å². The van der Waals surface area contributed by atoms with Gasteiger partial charge in [-0.25, -0.2) is 4.79 Å². The molecule has 2 nitrogen and oxygen atoms in total. The molecule has 0 heterocycles. The van der Waals surface area contributed by atoms with Crippen LogP contribution in [0.2, 0.25) is 0 Å². The molecule has 0 aliphatic heterocycles. The molecule has 0 bridgehead atoms. The van der Waals surface area contributed by atoms with Crippen LogP contribution in [0.5, 0.6) is 0 Å². The second-order valence-electron chi connectivity index (χ2n) is 4.00. The molecule has 88 valence electrons. The maximum absolute atomic E-state index is 11.2. The Morgan fingerprint density at radius 1 is 1.17 bits per heavy atom. The number of hydrogen-bond donors (Lipinski definition) is 1. The van der Waals surface area contributed by atoms with Gasteiger partial charge in [-0.1, -0.05) is 42.3 Å². The summed E-state index contributed by atoms with van der Waals surface area (Å²) >= 11 is 0. The van der Waals surface area contributed by atoms with Gasteiger partial charge in [0.2, 0.25) is 0 Å². The van der Waals surface area contributed by atoms with E-state index in [4.69, 9.17) is 11.5 Å². The molecule has 2 heteroatoms. The fourth-order valence-electron chi connectivity index (χ4n) is 2.01. The van der Waals surface area contributed by atoms with E-state index in [-0.39, 0.29) is 5.56 Å². The average molecular weight is 236 g/mol. The topological polar surface area (TPSA) is 37.3 Å². The summed E-state index contributed by atoms with van der Waals surface area (Å²) in [5.41, 5.74) is 3.33. The minimum absolute atomic E-state index is 0.168. The van der Waals surface area contributed by atoms with Crippen LogP contribution < -0.4 is 0 Å². The minimum atomic E-state index is -1.000. The molecule has 2 aromatic carbocycles. The van der Waals surface area contributed by atoms with E-state index in [2.05, 4.69) is 5.92 Å². The van der Waals surface area contributed by atoms with Gasteiger partial charge in [0.05, 0.1) is 5.56 Å². The maximum atomic E-state index is 11.2. The molecule has 0 radical (unpaired) electrons. The number of aryl methyl sites for hydroxylation is 1. The largest absolute Gasteiger partial charge is 0.478 e. The third-order valence-electron chi connectivity index (χ3n) is 2.85. The smallest absolute Gasteiger partial charge is 0.336 e. The molecule has 0 amide bonds. The van der Waals surface area contributed by atoms with Crippen molar-refractivity contribution < 1.29 is 9.90 Å². The van der Waals surface area contributed by atoms with Crippen molar-refractivity contribution in [1.29, 1.82) is 0 Å². The van der Waals surface area contributed by atoms with Crippen LogP contribution >= 0.6 is 0 Å². The lowest BCUT2D eigenvalue weighted by Gasteiger charge is -2.11. The number of rotatable bonds is 2. The molecule has 0 aliphatic carbocycles.